The quantitative estimate of drug-likeness (QED) is 0.351. The minimum absolute atomic E-state index is 0.0563. The smallest absolute Gasteiger partial charge is 0.356 e. The molecule has 0 saturated heterocycles. The zero-order chi connectivity index (χ0) is 23.4. The van der Waals surface area contributed by atoms with Crippen LogP contribution in [-0.2, 0) is 14.4 Å². The molecule has 1 aliphatic heterocycles. The first-order valence-corrected chi connectivity index (χ1v) is 8.98. The summed E-state index contributed by atoms with van der Waals surface area (Å²) < 4.78 is 62.5. The van der Waals surface area contributed by atoms with Crippen LogP contribution >= 0.6 is 0 Å². The molecule has 31 heavy (non-hydrogen) atoms. The summed E-state index contributed by atoms with van der Waals surface area (Å²) in [4.78, 5) is 38.4. The Kier molecular flexibility index (Phi) is 7.09. The number of amides is 3. The molecule has 1 heterocycles. The highest BCUT2D eigenvalue weighted by Crippen LogP contribution is 2.34. The molecule has 1 aromatic carbocycles. The zero-order valence-electron chi connectivity index (χ0n) is 16.2. The highest BCUT2D eigenvalue weighted by atomic mass is 19.4. The standard InChI is InChI=1S/C19H19F5N4O3/c1-3-8-28-9-13(17(31)26-12-6-4-5-7-14(12)28)27-16(30)11(2)15(29)25-10-18(20,21)19(22,23)24/h1,4-7,11,13H,8-10H2,2H3,(H,25,29)(H,26,31)(H,27,30)/t11?,13-/m0/s1. The van der Waals surface area contributed by atoms with E-state index in [-0.39, 0.29) is 13.1 Å². The van der Waals surface area contributed by atoms with Gasteiger partial charge in [-0.1, -0.05) is 18.1 Å². The number of alkyl halides is 5. The molecule has 2 rings (SSSR count). The molecule has 0 spiro atoms. The Labute approximate surface area is 174 Å². The maximum Gasteiger partial charge on any atom is 0.455 e. The van der Waals surface area contributed by atoms with Crippen molar-refractivity contribution in [2.24, 2.45) is 5.92 Å². The molecular formula is C19H19F5N4O3. The van der Waals surface area contributed by atoms with E-state index in [9.17, 15) is 36.3 Å². The van der Waals surface area contributed by atoms with Gasteiger partial charge < -0.3 is 20.9 Å². The third-order valence-electron chi connectivity index (χ3n) is 4.51. The number of fused-ring (bicyclic) bond motifs is 1. The number of hydrogen-bond acceptors (Lipinski definition) is 4. The molecule has 12 heteroatoms. The third-order valence-corrected chi connectivity index (χ3v) is 4.51. The van der Waals surface area contributed by atoms with Crippen LogP contribution in [0.1, 0.15) is 6.92 Å². The molecule has 0 bridgehead atoms. The summed E-state index contributed by atoms with van der Waals surface area (Å²) in [6, 6.07) is 5.55. The van der Waals surface area contributed by atoms with E-state index in [2.05, 4.69) is 16.6 Å². The van der Waals surface area contributed by atoms with E-state index in [1.807, 2.05) is 0 Å². The molecule has 7 nitrogen and oxygen atoms in total. The topological polar surface area (TPSA) is 90.5 Å². The lowest BCUT2D eigenvalue weighted by atomic mass is 10.1. The second-order valence-electron chi connectivity index (χ2n) is 6.79. The van der Waals surface area contributed by atoms with Crippen LogP contribution in [0.25, 0.3) is 0 Å². The van der Waals surface area contributed by atoms with Crippen molar-refractivity contribution in [2.75, 3.05) is 29.9 Å². The van der Waals surface area contributed by atoms with Crippen LogP contribution in [0, 0.1) is 18.3 Å². The van der Waals surface area contributed by atoms with Gasteiger partial charge in [-0.05, 0) is 19.1 Å². The number of halogens is 5. The Bertz CT molecular complexity index is 897. The first-order chi connectivity index (χ1) is 14.4. The number of anilines is 2. The van der Waals surface area contributed by atoms with Crippen molar-refractivity contribution < 1.29 is 36.3 Å². The monoisotopic (exact) mass is 446 g/mol. The predicted molar refractivity (Wildman–Crippen MR) is 101 cm³/mol. The number of nitrogens with zero attached hydrogens (tertiary/aromatic N) is 1. The predicted octanol–water partition coefficient (Wildman–Crippen LogP) is 1.51. The fourth-order valence-electron chi connectivity index (χ4n) is 2.71. The molecule has 3 N–H and O–H groups in total. The minimum Gasteiger partial charge on any atom is -0.356 e. The van der Waals surface area contributed by atoms with Crippen molar-refractivity contribution >= 4 is 29.1 Å². The van der Waals surface area contributed by atoms with Gasteiger partial charge in [0.2, 0.25) is 17.7 Å². The molecule has 0 aliphatic carbocycles. The number of para-hydroxylation sites is 2. The van der Waals surface area contributed by atoms with Crippen LogP contribution in [0.3, 0.4) is 0 Å². The van der Waals surface area contributed by atoms with E-state index >= 15 is 0 Å². The molecular weight excluding hydrogens is 427 g/mol. The number of hydrogen-bond donors (Lipinski definition) is 3. The molecule has 1 unspecified atom stereocenters. The van der Waals surface area contributed by atoms with Gasteiger partial charge in [0.05, 0.1) is 24.5 Å². The largest absolute Gasteiger partial charge is 0.455 e. The summed E-state index contributed by atoms with van der Waals surface area (Å²) in [6.45, 7) is -0.957. The Hall–Kier alpha value is -3.36. The highest BCUT2D eigenvalue weighted by molar-refractivity contribution is 6.05. The summed E-state index contributed by atoms with van der Waals surface area (Å²) in [5, 5.41) is 6.32. The first-order valence-electron chi connectivity index (χ1n) is 8.98. The van der Waals surface area contributed by atoms with Gasteiger partial charge in [-0.2, -0.15) is 22.0 Å². The van der Waals surface area contributed by atoms with Crippen LogP contribution in [0.4, 0.5) is 33.3 Å². The van der Waals surface area contributed by atoms with Gasteiger partial charge in [-0.3, -0.25) is 14.4 Å². The lowest BCUT2D eigenvalue weighted by Gasteiger charge is -2.25. The summed E-state index contributed by atoms with van der Waals surface area (Å²) in [7, 11) is 0. The summed E-state index contributed by atoms with van der Waals surface area (Å²) >= 11 is 0. The average molecular weight is 446 g/mol. The second kappa shape index (κ2) is 9.20. The van der Waals surface area contributed by atoms with E-state index in [4.69, 9.17) is 6.42 Å². The van der Waals surface area contributed by atoms with E-state index in [0.717, 1.165) is 6.92 Å². The van der Waals surface area contributed by atoms with Crippen molar-refractivity contribution in [3.05, 3.63) is 24.3 Å². The Balaban J connectivity index is 2.06. The van der Waals surface area contributed by atoms with Crippen LogP contribution in [0.2, 0.25) is 0 Å². The first kappa shape index (κ1) is 23.9. The van der Waals surface area contributed by atoms with Crippen molar-refractivity contribution in [2.45, 2.75) is 25.1 Å². The van der Waals surface area contributed by atoms with E-state index in [0.29, 0.717) is 11.4 Å². The Morgan fingerprint density at radius 2 is 1.90 bits per heavy atom. The van der Waals surface area contributed by atoms with Gasteiger partial charge in [0.1, 0.15) is 12.0 Å². The highest BCUT2D eigenvalue weighted by Gasteiger charge is 2.57. The Morgan fingerprint density at radius 3 is 2.52 bits per heavy atom. The molecule has 168 valence electrons. The normalized spacial score (nSPS) is 17.5. The lowest BCUT2D eigenvalue weighted by Crippen LogP contribution is -2.53. The number of terminal acetylenes is 1. The summed E-state index contributed by atoms with van der Waals surface area (Å²) in [5.74, 6) is -7.35. The van der Waals surface area contributed by atoms with Gasteiger partial charge in [0.15, 0.2) is 0 Å². The van der Waals surface area contributed by atoms with Crippen LogP contribution in [0.5, 0.6) is 0 Å². The van der Waals surface area contributed by atoms with Gasteiger partial charge in [-0.25, -0.2) is 0 Å². The molecule has 0 saturated carbocycles. The SMILES string of the molecule is C#CCN1C[C@H](NC(=O)C(C)C(=O)NCC(F)(F)C(F)(F)F)C(=O)Nc2ccccc21. The van der Waals surface area contributed by atoms with Gasteiger partial charge in [0, 0.05) is 6.54 Å². The number of rotatable bonds is 6. The number of carbonyl (C=O) groups is 3. The number of benzene rings is 1. The Morgan fingerprint density at radius 1 is 1.26 bits per heavy atom. The van der Waals surface area contributed by atoms with Crippen molar-refractivity contribution in [3.8, 4) is 12.3 Å². The van der Waals surface area contributed by atoms with Gasteiger partial charge in [0.25, 0.3) is 0 Å². The zero-order valence-corrected chi connectivity index (χ0v) is 16.2. The van der Waals surface area contributed by atoms with Crippen LogP contribution in [-0.4, -0.2) is 55.5 Å². The molecule has 3 amide bonds. The van der Waals surface area contributed by atoms with Gasteiger partial charge in [-0.15, -0.1) is 6.42 Å². The summed E-state index contributed by atoms with van der Waals surface area (Å²) in [6.07, 6.45) is -0.490. The fourth-order valence-corrected chi connectivity index (χ4v) is 2.71. The van der Waals surface area contributed by atoms with Crippen molar-refractivity contribution in [1.29, 1.82) is 0 Å². The summed E-state index contributed by atoms with van der Waals surface area (Å²) in [5.41, 5.74) is 1.05. The molecule has 0 radical (unpaired) electrons. The number of nitrogens with one attached hydrogen (secondary N) is 3. The second-order valence-corrected chi connectivity index (χ2v) is 6.79. The van der Waals surface area contributed by atoms with E-state index < -0.39 is 48.3 Å². The maximum absolute atomic E-state index is 13.0. The minimum atomic E-state index is -5.85. The fraction of sp³-hybridized carbons (Fsp3) is 0.421. The lowest BCUT2D eigenvalue weighted by molar-refractivity contribution is -0.278. The molecule has 0 fully saturated rings. The average Bonchev–Trinajstić information content (AvgIpc) is 2.82. The van der Waals surface area contributed by atoms with Crippen LogP contribution in [0.15, 0.2) is 24.3 Å². The third kappa shape index (κ3) is 5.62. The molecule has 1 aromatic rings. The van der Waals surface area contributed by atoms with E-state index in [1.54, 1.807) is 29.2 Å². The maximum atomic E-state index is 13.0. The molecule has 2 atom stereocenters. The van der Waals surface area contributed by atoms with Gasteiger partial charge >= 0.3 is 12.1 Å². The van der Waals surface area contributed by atoms with Crippen LogP contribution < -0.4 is 20.9 Å². The number of carbonyl (C=O) groups excluding carboxylic acids is 3. The van der Waals surface area contributed by atoms with Crippen molar-refractivity contribution in [1.82, 2.24) is 10.6 Å². The molecule has 0 aromatic heterocycles. The van der Waals surface area contributed by atoms with Crippen molar-refractivity contribution in [3.63, 3.8) is 0 Å². The van der Waals surface area contributed by atoms with E-state index in [1.165, 1.54) is 5.32 Å². The molecule has 1 aliphatic rings.